The molecular weight excluding hydrogens is 344 g/mol. The van der Waals surface area contributed by atoms with Crippen molar-refractivity contribution in [2.24, 2.45) is 0 Å². The second-order valence-electron chi connectivity index (χ2n) is 6.60. The van der Waals surface area contributed by atoms with Crippen molar-refractivity contribution in [3.05, 3.63) is 59.9 Å². The molecule has 1 aromatic carbocycles. The smallest absolute Gasteiger partial charge is 0.170 e. The first-order chi connectivity index (χ1) is 12.6. The highest BCUT2D eigenvalue weighted by Crippen LogP contribution is 2.14. The zero-order valence-corrected chi connectivity index (χ0v) is 15.8. The maximum absolute atomic E-state index is 11.3. The van der Waals surface area contributed by atoms with Crippen LogP contribution < -0.4 is 10.6 Å². The molecule has 0 amide bonds. The van der Waals surface area contributed by atoms with Gasteiger partial charge in [-0.3, -0.25) is 14.7 Å². The predicted molar refractivity (Wildman–Crippen MR) is 108 cm³/mol. The van der Waals surface area contributed by atoms with Crippen LogP contribution in [-0.2, 0) is 6.54 Å². The molecule has 1 saturated heterocycles. The van der Waals surface area contributed by atoms with E-state index in [4.69, 9.17) is 12.2 Å². The summed E-state index contributed by atoms with van der Waals surface area (Å²) >= 11 is 5.42. The third-order valence-electron chi connectivity index (χ3n) is 4.58. The van der Waals surface area contributed by atoms with Gasteiger partial charge in [-0.05, 0) is 68.4 Å². The van der Waals surface area contributed by atoms with Crippen molar-refractivity contribution in [1.29, 1.82) is 0 Å². The molecule has 0 unspecified atom stereocenters. The zero-order valence-electron chi connectivity index (χ0n) is 14.9. The van der Waals surface area contributed by atoms with Gasteiger partial charge in [0, 0.05) is 43.1 Å². The van der Waals surface area contributed by atoms with Crippen LogP contribution in [0, 0.1) is 0 Å². The van der Waals surface area contributed by atoms with E-state index < -0.39 is 0 Å². The summed E-state index contributed by atoms with van der Waals surface area (Å²) in [6.45, 7) is 4.53. The minimum atomic E-state index is 0.0646. The Bertz CT molecular complexity index is 740. The number of ketones is 1. The van der Waals surface area contributed by atoms with E-state index in [1.807, 2.05) is 42.6 Å². The maximum Gasteiger partial charge on any atom is 0.170 e. The van der Waals surface area contributed by atoms with Crippen LogP contribution in [0.5, 0.6) is 0 Å². The van der Waals surface area contributed by atoms with E-state index in [-0.39, 0.29) is 5.78 Å². The van der Waals surface area contributed by atoms with Crippen LogP contribution in [0.3, 0.4) is 0 Å². The molecule has 3 rings (SSSR count). The number of hydrogen-bond donors (Lipinski definition) is 2. The Labute approximate surface area is 159 Å². The number of rotatable bonds is 5. The Morgan fingerprint density at radius 3 is 2.54 bits per heavy atom. The fraction of sp³-hybridized carbons (Fsp3) is 0.350. The molecule has 0 bridgehead atoms. The molecule has 0 spiro atoms. The predicted octanol–water partition coefficient (Wildman–Crippen LogP) is 3.24. The summed E-state index contributed by atoms with van der Waals surface area (Å²) < 4.78 is 0. The second kappa shape index (κ2) is 8.87. The van der Waals surface area contributed by atoms with Crippen molar-refractivity contribution < 1.29 is 4.79 Å². The van der Waals surface area contributed by atoms with Crippen LogP contribution in [0.2, 0.25) is 0 Å². The van der Waals surface area contributed by atoms with Gasteiger partial charge in [0.05, 0.1) is 5.69 Å². The lowest BCUT2D eigenvalue weighted by molar-refractivity contribution is 0.101. The molecule has 0 saturated carbocycles. The van der Waals surface area contributed by atoms with Crippen LogP contribution in [0.4, 0.5) is 5.69 Å². The van der Waals surface area contributed by atoms with Crippen molar-refractivity contribution in [2.75, 3.05) is 18.4 Å². The first kappa shape index (κ1) is 18.5. The van der Waals surface area contributed by atoms with Crippen molar-refractivity contribution in [2.45, 2.75) is 32.4 Å². The van der Waals surface area contributed by atoms with Crippen LogP contribution in [0.25, 0.3) is 0 Å². The molecule has 5 nitrogen and oxygen atoms in total. The van der Waals surface area contributed by atoms with Crippen molar-refractivity contribution in [1.82, 2.24) is 15.2 Å². The Morgan fingerprint density at radius 1 is 1.19 bits per heavy atom. The first-order valence-corrected chi connectivity index (χ1v) is 9.32. The number of nitrogens with one attached hydrogen (secondary N) is 2. The molecule has 0 aliphatic carbocycles. The number of benzene rings is 1. The number of piperidine rings is 1. The van der Waals surface area contributed by atoms with Gasteiger partial charge in [0.15, 0.2) is 10.9 Å². The Morgan fingerprint density at radius 2 is 1.92 bits per heavy atom. The van der Waals surface area contributed by atoms with Crippen molar-refractivity contribution in [3.8, 4) is 0 Å². The second-order valence-corrected chi connectivity index (χ2v) is 7.01. The lowest BCUT2D eigenvalue weighted by Gasteiger charge is -2.32. The van der Waals surface area contributed by atoms with E-state index in [2.05, 4.69) is 26.6 Å². The lowest BCUT2D eigenvalue weighted by Crippen LogP contribution is -2.45. The van der Waals surface area contributed by atoms with Gasteiger partial charge < -0.3 is 10.6 Å². The van der Waals surface area contributed by atoms with E-state index in [0.717, 1.165) is 43.9 Å². The molecule has 2 aromatic rings. The van der Waals surface area contributed by atoms with Gasteiger partial charge in [-0.15, -0.1) is 0 Å². The van der Waals surface area contributed by atoms with Crippen molar-refractivity contribution >= 4 is 28.8 Å². The molecule has 6 heteroatoms. The van der Waals surface area contributed by atoms with Crippen LogP contribution >= 0.6 is 12.2 Å². The fourth-order valence-electron chi connectivity index (χ4n) is 3.10. The molecule has 136 valence electrons. The van der Waals surface area contributed by atoms with Gasteiger partial charge in [0.25, 0.3) is 0 Å². The standard InChI is InChI=1S/C20H24N4OS/c1-15(25)16-5-7-17(8-6-16)22-20(26)23-18-9-12-24(13-10-18)14-19-4-2-3-11-21-19/h2-8,11,18H,9-10,12-14H2,1H3,(H2,22,23,26). The van der Waals surface area contributed by atoms with E-state index >= 15 is 0 Å². The minimum absolute atomic E-state index is 0.0646. The zero-order chi connectivity index (χ0) is 18.4. The van der Waals surface area contributed by atoms with Gasteiger partial charge in [-0.1, -0.05) is 6.07 Å². The number of pyridine rings is 1. The van der Waals surface area contributed by atoms with Crippen LogP contribution in [0.1, 0.15) is 35.8 Å². The SMILES string of the molecule is CC(=O)c1ccc(NC(=S)NC2CCN(Cc3ccccn3)CC2)cc1. The summed E-state index contributed by atoms with van der Waals surface area (Å²) in [6, 6.07) is 13.8. The number of likely N-dealkylation sites (tertiary alicyclic amines) is 1. The molecule has 0 atom stereocenters. The van der Waals surface area contributed by atoms with Gasteiger partial charge in [0.2, 0.25) is 0 Å². The van der Waals surface area contributed by atoms with Crippen molar-refractivity contribution in [3.63, 3.8) is 0 Å². The first-order valence-electron chi connectivity index (χ1n) is 8.91. The third-order valence-corrected chi connectivity index (χ3v) is 4.80. The summed E-state index contributed by atoms with van der Waals surface area (Å²) in [7, 11) is 0. The molecule has 1 aromatic heterocycles. The number of Topliss-reactive ketones (excluding diaryl/α,β-unsaturated/α-hetero) is 1. The Hall–Kier alpha value is -2.31. The average molecular weight is 369 g/mol. The van der Waals surface area contributed by atoms with Gasteiger partial charge in [0.1, 0.15) is 0 Å². The Kier molecular flexibility index (Phi) is 6.30. The third kappa shape index (κ3) is 5.34. The van der Waals surface area contributed by atoms with Gasteiger partial charge >= 0.3 is 0 Å². The molecule has 26 heavy (non-hydrogen) atoms. The highest BCUT2D eigenvalue weighted by molar-refractivity contribution is 7.80. The van der Waals surface area contributed by atoms with E-state index in [1.54, 1.807) is 6.92 Å². The highest BCUT2D eigenvalue weighted by Gasteiger charge is 2.20. The van der Waals surface area contributed by atoms with Crippen LogP contribution in [0.15, 0.2) is 48.7 Å². The topological polar surface area (TPSA) is 57.3 Å². The molecule has 0 radical (unpaired) electrons. The molecule has 1 aliphatic heterocycles. The molecule has 2 heterocycles. The quantitative estimate of drug-likeness (QED) is 0.624. The summed E-state index contributed by atoms with van der Waals surface area (Å²) in [5.41, 5.74) is 2.71. The number of nitrogens with zero attached hydrogens (tertiary/aromatic N) is 2. The monoisotopic (exact) mass is 368 g/mol. The maximum atomic E-state index is 11.3. The minimum Gasteiger partial charge on any atom is -0.360 e. The molecule has 1 aliphatic rings. The number of anilines is 1. The number of thiocarbonyl (C=S) groups is 1. The molecular formula is C20H24N4OS. The summed E-state index contributed by atoms with van der Waals surface area (Å²) in [4.78, 5) is 18.1. The van der Waals surface area contributed by atoms with E-state index in [9.17, 15) is 4.79 Å². The lowest BCUT2D eigenvalue weighted by atomic mass is 10.1. The number of carbonyl (C=O) groups excluding carboxylic acids is 1. The summed E-state index contributed by atoms with van der Waals surface area (Å²) in [5.74, 6) is 0.0646. The van der Waals surface area contributed by atoms with Crippen LogP contribution in [-0.4, -0.2) is 39.9 Å². The summed E-state index contributed by atoms with van der Waals surface area (Å²) in [6.07, 6.45) is 3.95. The largest absolute Gasteiger partial charge is 0.360 e. The average Bonchev–Trinajstić information content (AvgIpc) is 2.64. The summed E-state index contributed by atoms with van der Waals surface area (Å²) in [5, 5.41) is 7.22. The molecule has 1 fully saturated rings. The fourth-order valence-corrected chi connectivity index (χ4v) is 3.38. The number of aromatic nitrogens is 1. The Balaban J connectivity index is 1.42. The number of carbonyl (C=O) groups is 1. The highest BCUT2D eigenvalue weighted by atomic mass is 32.1. The normalized spacial score (nSPS) is 15.4. The number of hydrogen-bond acceptors (Lipinski definition) is 4. The van der Waals surface area contributed by atoms with Gasteiger partial charge in [-0.25, -0.2) is 0 Å². The van der Waals surface area contributed by atoms with E-state index in [0.29, 0.717) is 16.7 Å². The molecule has 2 N–H and O–H groups in total. The van der Waals surface area contributed by atoms with E-state index in [1.165, 1.54) is 0 Å². The van der Waals surface area contributed by atoms with Gasteiger partial charge in [-0.2, -0.15) is 0 Å².